The van der Waals surface area contributed by atoms with Gasteiger partial charge >= 0.3 is 0 Å². The summed E-state index contributed by atoms with van der Waals surface area (Å²) in [5, 5.41) is 19.9. The zero-order valence-electron chi connectivity index (χ0n) is 42.1. The number of aromatic nitrogens is 1. The van der Waals surface area contributed by atoms with Crippen molar-refractivity contribution in [3.63, 3.8) is 0 Å². The van der Waals surface area contributed by atoms with Gasteiger partial charge in [0.2, 0.25) is 0 Å². The highest BCUT2D eigenvalue weighted by molar-refractivity contribution is 6.24. The summed E-state index contributed by atoms with van der Waals surface area (Å²) in [4.78, 5) is 0. The third kappa shape index (κ3) is 6.88. The summed E-state index contributed by atoms with van der Waals surface area (Å²) in [6, 6.07) is 106. The SMILES string of the molecule is c1cc(-c2ccc3c(-c4ccc5ccccc5c4)c4ccccc4c(-c4ccc5ccccc5c4)c3c2)cc(-c2c3ccccc3c(-c3ccc4cc(-n5c6ccccc6c6ccccc65)ccc4c3)c3ccccc23)c1. The van der Waals surface area contributed by atoms with Gasteiger partial charge in [0.05, 0.1) is 11.0 Å². The molecule has 0 N–H and O–H groups in total. The first-order valence-electron chi connectivity index (χ1n) is 26.7. The standard InChI is InChI=1S/C76H47N/c1-3-18-50-42-57(35-32-48(50)16-1)75-67-28-9-10-29-68(67)76(59-36-33-49-17-2-4-19-51(49)43-59)70-47-55(39-41-69(70)75)52-20-15-21-56(44-52)73-63-24-5-7-26-65(63)74(66-27-8-6-25-64(66)73)58-37-34-54-46-60(40-38-53(54)45-58)77-71-30-13-11-22-61(71)62-23-12-14-31-72(62)77/h1-47H. The highest BCUT2D eigenvalue weighted by atomic mass is 15.0. The lowest BCUT2D eigenvalue weighted by molar-refractivity contribution is 1.19. The molecule has 0 aliphatic rings. The van der Waals surface area contributed by atoms with Crippen LogP contribution in [0.2, 0.25) is 0 Å². The van der Waals surface area contributed by atoms with Crippen molar-refractivity contribution in [2.75, 3.05) is 0 Å². The molecular weight excluding hydrogens is 927 g/mol. The topological polar surface area (TPSA) is 4.93 Å². The fourth-order valence-corrected chi connectivity index (χ4v) is 13.0. The molecule has 16 rings (SSSR count). The molecule has 0 radical (unpaired) electrons. The van der Waals surface area contributed by atoms with Crippen molar-refractivity contribution in [2.24, 2.45) is 0 Å². The second-order valence-electron chi connectivity index (χ2n) is 20.7. The Labute approximate surface area is 445 Å². The largest absolute Gasteiger partial charge is 0.309 e. The first-order chi connectivity index (χ1) is 38.2. The van der Waals surface area contributed by atoms with Crippen LogP contribution in [-0.4, -0.2) is 4.57 Å². The fourth-order valence-electron chi connectivity index (χ4n) is 13.0. The lowest BCUT2D eigenvalue weighted by Gasteiger charge is -2.20. The molecule has 0 aliphatic heterocycles. The number of rotatable bonds is 6. The van der Waals surface area contributed by atoms with Crippen molar-refractivity contribution in [3.8, 4) is 61.3 Å². The molecular formula is C76H47N. The van der Waals surface area contributed by atoms with Crippen molar-refractivity contribution >= 4 is 97.2 Å². The Balaban J connectivity index is 0.859. The Morgan fingerprint density at radius 2 is 0.494 bits per heavy atom. The van der Waals surface area contributed by atoms with Crippen LogP contribution >= 0.6 is 0 Å². The van der Waals surface area contributed by atoms with Gasteiger partial charge in [-0.15, -0.1) is 0 Å². The van der Waals surface area contributed by atoms with E-state index in [1.165, 1.54) is 159 Å². The maximum Gasteiger partial charge on any atom is 0.0541 e. The van der Waals surface area contributed by atoms with Gasteiger partial charge in [-0.25, -0.2) is 0 Å². The molecule has 0 fully saturated rings. The molecule has 0 saturated carbocycles. The van der Waals surface area contributed by atoms with E-state index in [9.17, 15) is 0 Å². The van der Waals surface area contributed by atoms with Crippen LogP contribution < -0.4 is 0 Å². The monoisotopic (exact) mass is 973 g/mol. The molecule has 16 aromatic rings. The highest BCUT2D eigenvalue weighted by Crippen LogP contribution is 2.48. The van der Waals surface area contributed by atoms with Crippen LogP contribution in [0.25, 0.3) is 159 Å². The molecule has 0 spiro atoms. The molecule has 0 aliphatic carbocycles. The normalized spacial score (nSPS) is 11.9. The molecule has 0 amide bonds. The zero-order chi connectivity index (χ0) is 50.6. The van der Waals surface area contributed by atoms with Gasteiger partial charge in [-0.3, -0.25) is 0 Å². The zero-order valence-corrected chi connectivity index (χ0v) is 42.1. The summed E-state index contributed by atoms with van der Waals surface area (Å²) in [5.74, 6) is 0. The molecule has 1 heterocycles. The number of hydrogen-bond acceptors (Lipinski definition) is 0. The predicted molar refractivity (Wildman–Crippen MR) is 331 cm³/mol. The van der Waals surface area contributed by atoms with Gasteiger partial charge in [-0.1, -0.05) is 231 Å². The van der Waals surface area contributed by atoms with Gasteiger partial charge < -0.3 is 4.57 Å². The molecule has 356 valence electrons. The van der Waals surface area contributed by atoms with Gasteiger partial charge in [0.1, 0.15) is 0 Å². The third-order valence-electron chi connectivity index (χ3n) is 16.5. The summed E-state index contributed by atoms with van der Waals surface area (Å²) in [6.45, 7) is 0. The van der Waals surface area contributed by atoms with Gasteiger partial charge in [-0.05, 0) is 186 Å². The van der Waals surface area contributed by atoms with E-state index in [4.69, 9.17) is 0 Å². The van der Waals surface area contributed by atoms with Crippen molar-refractivity contribution < 1.29 is 0 Å². The molecule has 15 aromatic carbocycles. The van der Waals surface area contributed by atoms with Crippen molar-refractivity contribution in [1.29, 1.82) is 0 Å². The maximum absolute atomic E-state index is 2.46. The molecule has 1 nitrogen and oxygen atoms in total. The van der Waals surface area contributed by atoms with Crippen LogP contribution in [0.15, 0.2) is 285 Å². The van der Waals surface area contributed by atoms with Crippen LogP contribution in [0.1, 0.15) is 0 Å². The smallest absolute Gasteiger partial charge is 0.0541 e. The van der Waals surface area contributed by atoms with Crippen LogP contribution in [-0.2, 0) is 0 Å². The second kappa shape index (κ2) is 17.2. The van der Waals surface area contributed by atoms with E-state index in [1.807, 2.05) is 0 Å². The average molecular weight is 974 g/mol. The van der Waals surface area contributed by atoms with Crippen LogP contribution in [0.4, 0.5) is 0 Å². The molecule has 0 unspecified atom stereocenters. The van der Waals surface area contributed by atoms with Crippen molar-refractivity contribution in [3.05, 3.63) is 285 Å². The Bertz CT molecular complexity index is 5000. The van der Waals surface area contributed by atoms with E-state index in [-0.39, 0.29) is 0 Å². The third-order valence-corrected chi connectivity index (χ3v) is 16.5. The van der Waals surface area contributed by atoms with E-state index >= 15 is 0 Å². The van der Waals surface area contributed by atoms with E-state index in [1.54, 1.807) is 0 Å². The minimum Gasteiger partial charge on any atom is -0.309 e. The summed E-state index contributed by atoms with van der Waals surface area (Å²) < 4.78 is 2.40. The number of nitrogens with zero attached hydrogens (tertiary/aromatic N) is 1. The van der Waals surface area contributed by atoms with Crippen LogP contribution in [0.5, 0.6) is 0 Å². The average Bonchev–Trinajstić information content (AvgIpc) is 3.92. The van der Waals surface area contributed by atoms with Crippen LogP contribution in [0.3, 0.4) is 0 Å². The minimum absolute atomic E-state index is 1.17. The lowest BCUT2D eigenvalue weighted by atomic mass is 9.83. The quantitative estimate of drug-likeness (QED) is 0.146. The fraction of sp³-hybridized carbons (Fsp3) is 0. The van der Waals surface area contributed by atoms with Gasteiger partial charge in [0.15, 0.2) is 0 Å². The molecule has 77 heavy (non-hydrogen) atoms. The van der Waals surface area contributed by atoms with E-state index in [0.717, 1.165) is 0 Å². The van der Waals surface area contributed by atoms with Gasteiger partial charge in [0, 0.05) is 16.5 Å². The maximum atomic E-state index is 2.46. The van der Waals surface area contributed by atoms with Crippen LogP contribution in [0, 0.1) is 0 Å². The number of benzene rings is 15. The molecule has 0 bridgehead atoms. The Kier molecular flexibility index (Phi) is 9.71. The van der Waals surface area contributed by atoms with E-state index < -0.39 is 0 Å². The predicted octanol–water partition coefficient (Wildman–Crippen LogP) is 21.2. The Hall–Kier alpha value is -10.1. The first-order valence-corrected chi connectivity index (χ1v) is 26.7. The van der Waals surface area contributed by atoms with Gasteiger partial charge in [-0.2, -0.15) is 0 Å². The molecule has 1 heteroatoms. The van der Waals surface area contributed by atoms with E-state index in [2.05, 4.69) is 290 Å². The van der Waals surface area contributed by atoms with Gasteiger partial charge in [0.25, 0.3) is 0 Å². The molecule has 0 saturated heterocycles. The summed E-state index contributed by atoms with van der Waals surface area (Å²) >= 11 is 0. The number of fused-ring (bicyclic) bond motifs is 10. The van der Waals surface area contributed by atoms with Crippen molar-refractivity contribution in [1.82, 2.24) is 4.57 Å². The number of para-hydroxylation sites is 2. The second-order valence-corrected chi connectivity index (χ2v) is 20.7. The lowest BCUT2D eigenvalue weighted by Crippen LogP contribution is -1.94. The number of hydrogen-bond donors (Lipinski definition) is 0. The Morgan fingerprint density at radius 3 is 1.00 bits per heavy atom. The first kappa shape index (κ1) is 43.3. The summed E-state index contributed by atoms with van der Waals surface area (Å²) in [7, 11) is 0. The molecule has 0 atom stereocenters. The van der Waals surface area contributed by atoms with E-state index in [0.29, 0.717) is 0 Å². The van der Waals surface area contributed by atoms with Crippen molar-refractivity contribution in [2.45, 2.75) is 0 Å². The Morgan fingerprint density at radius 1 is 0.169 bits per heavy atom. The molecule has 1 aromatic heterocycles. The summed E-state index contributed by atoms with van der Waals surface area (Å²) in [6.07, 6.45) is 0. The minimum atomic E-state index is 1.17. The summed E-state index contributed by atoms with van der Waals surface area (Å²) in [5.41, 5.74) is 15.8. The highest BCUT2D eigenvalue weighted by Gasteiger charge is 2.21.